The first-order valence-corrected chi connectivity index (χ1v) is 7.13. The number of nitrogens with zero attached hydrogens (tertiary/aromatic N) is 1. The highest BCUT2D eigenvalue weighted by Gasteiger charge is 2.18. The molecule has 0 heterocycles. The van der Waals surface area contributed by atoms with Crippen molar-refractivity contribution in [2.75, 3.05) is 41.0 Å². The van der Waals surface area contributed by atoms with Gasteiger partial charge in [0.05, 0.1) is 25.8 Å². The van der Waals surface area contributed by atoms with Crippen LogP contribution in [0, 0.1) is 0 Å². The lowest BCUT2D eigenvalue weighted by Crippen LogP contribution is -2.39. The highest BCUT2D eigenvalue weighted by atomic mass is 79.9. The number of carbonyl (C=O) groups is 2. The molecule has 0 aliphatic carbocycles. The van der Waals surface area contributed by atoms with E-state index in [0.29, 0.717) is 28.9 Å². The van der Waals surface area contributed by atoms with Crippen LogP contribution in [0.1, 0.15) is 10.4 Å². The van der Waals surface area contributed by atoms with Gasteiger partial charge >= 0.3 is 0 Å². The molecule has 1 rings (SSSR count). The average molecular weight is 359 g/mol. The summed E-state index contributed by atoms with van der Waals surface area (Å²) < 4.78 is 10.6. The highest BCUT2D eigenvalue weighted by molar-refractivity contribution is 9.10. The van der Waals surface area contributed by atoms with E-state index in [1.807, 2.05) is 0 Å². The number of likely N-dealkylation sites (N-methyl/N-ethyl adjacent to an activating group) is 1. The summed E-state index contributed by atoms with van der Waals surface area (Å²) >= 11 is 3.33. The second kappa shape index (κ2) is 8.63. The van der Waals surface area contributed by atoms with E-state index in [4.69, 9.17) is 9.47 Å². The third kappa shape index (κ3) is 5.35. The largest absolute Gasteiger partial charge is 0.497 e. The molecule has 116 valence electrons. The fourth-order valence-corrected chi connectivity index (χ4v) is 2.05. The number of amides is 2. The molecule has 1 N–H and O–H groups in total. The molecular weight excluding hydrogens is 340 g/mol. The second-order valence-electron chi connectivity index (χ2n) is 4.35. The summed E-state index contributed by atoms with van der Waals surface area (Å²) in [5.74, 6) is 0.0871. The Morgan fingerprint density at radius 2 is 2.05 bits per heavy atom. The summed E-state index contributed by atoms with van der Waals surface area (Å²) in [7, 11) is 4.66. The normalized spacial score (nSPS) is 10.1. The Morgan fingerprint density at radius 3 is 2.67 bits per heavy atom. The van der Waals surface area contributed by atoms with Crippen LogP contribution < -0.4 is 10.1 Å². The minimum Gasteiger partial charge on any atom is -0.497 e. The van der Waals surface area contributed by atoms with Crippen molar-refractivity contribution >= 4 is 27.7 Å². The number of carbonyl (C=O) groups excluding carboxylic acids is 2. The van der Waals surface area contributed by atoms with Gasteiger partial charge in [0, 0.05) is 25.2 Å². The summed E-state index contributed by atoms with van der Waals surface area (Å²) in [6.07, 6.45) is 0. The molecule has 21 heavy (non-hydrogen) atoms. The van der Waals surface area contributed by atoms with E-state index in [2.05, 4.69) is 21.2 Å². The minimum atomic E-state index is -0.261. The van der Waals surface area contributed by atoms with Crippen molar-refractivity contribution in [3.63, 3.8) is 0 Å². The highest BCUT2D eigenvalue weighted by Crippen LogP contribution is 2.23. The van der Waals surface area contributed by atoms with Gasteiger partial charge in [0.2, 0.25) is 5.91 Å². The van der Waals surface area contributed by atoms with Gasteiger partial charge in [0.15, 0.2) is 0 Å². The summed E-state index contributed by atoms with van der Waals surface area (Å²) in [5.41, 5.74) is 0.446. The molecule has 0 fully saturated rings. The molecule has 0 unspecified atom stereocenters. The topological polar surface area (TPSA) is 67.9 Å². The van der Waals surface area contributed by atoms with E-state index in [1.165, 1.54) is 12.0 Å². The Morgan fingerprint density at radius 1 is 1.33 bits per heavy atom. The molecule has 1 aromatic carbocycles. The van der Waals surface area contributed by atoms with Crippen LogP contribution in [0.4, 0.5) is 0 Å². The maximum atomic E-state index is 12.3. The van der Waals surface area contributed by atoms with E-state index in [1.54, 1.807) is 32.4 Å². The zero-order valence-corrected chi connectivity index (χ0v) is 13.9. The Balaban J connectivity index is 2.67. The maximum absolute atomic E-state index is 12.3. The molecule has 1 aromatic rings. The van der Waals surface area contributed by atoms with Gasteiger partial charge in [-0.1, -0.05) is 0 Å². The summed E-state index contributed by atoms with van der Waals surface area (Å²) in [4.78, 5) is 25.4. The van der Waals surface area contributed by atoms with Crippen LogP contribution in [0.2, 0.25) is 0 Å². The molecule has 2 amide bonds. The lowest BCUT2D eigenvalue weighted by atomic mass is 10.2. The van der Waals surface area contributed by atoms with Crippen LogP contribution in [0.5, 0.6) is 5.75 Å². The van der Waals surface area contributed by atoms with Gasteiger partial charge < -0.3 is 19.7 Å². The van der Waals surface area contributed by atoms with Crippen molar-refractivity contribution in [3.05, 3.63) is 28.2 Å². The number of hydrogen-bond acceptors (Lipinski definition) is 4. The Labute approximate surface area is 132 Å². The molecule has 0 saturated heterocycles. The summed E-state index contributed by atoms with van der Waals surface area (Å²) in [6.45, 7) is 0.831. The third-order valence-corrected chi connectivity index (χ3v) is 3.45. The van der Waals surface area contributed by atoms with Crippen molar-refractivity contribution in [2.45, 2.75) is 0 Å². The fourth-order valence-electron chi connectivity index (χ4n) is 1.64. The van der Waals surface area contributed by atoms with E-state index < -0.39 is 0 Å². The van der Waals surface area contributed by atoms with E-state index in [9.17, 15) is 9.59 Å². The minimum absolute atomic E-state index is 0.0216. The van der Waals surface area contributed by atoms with Gasteiger partial charge in [-0.3, -0.25) is 9.59 Å². The van der Waals surface area contributed by atoms with Crippen molar-refractivity contribution in [2.24, 2.45) is 0 Å². The van der Waals surface area contributed by atoms with Crippen LogP contribution in [0.3, 0.4) is 0 Å². The van der Waals surface area contributed by atoms with Gasteiger partial charge in [-0.05, 0) is 34.1 Å². The van der Waals surface area contributed by atoms with Crippen LogP contribution in [-0.2, 0) is 9.53 Å². The van der Waals surface area contributed by atoms with E-state index >= 15 is 0 Å². The zero-order valence-electron chi connectivity index (χ0n) is 12.3. The van der Waals surface area contributed by atoms with Crippen LogP contribution in [-0.4, -0.2) is 57.7 Å². The Hall–Kier alpha value is -1.60. The first kappa shape index (κ1) is 17.5. The first-order chi connectivity index (χ1) is 9.99. The standard InChI is InChI=1S/C14H19BrN2O4/c1-17(9-13(18)16-6-7-20-2)14(19)11-8-10(21-3)4-5-12(11)15/h4-5,8H,6-7,9H2,1-3H3,(H,16,18). The number of hydrogen-bond donors (Lipinski definition) is 1. The molecule has 0 bridgehead atoms. The van der Waals surface area contributed by atoms with Gasteiger partial charge in [-0.2, -0.15) is 0 Å². The molecule has 0 aliphatic rings. The predicted molar refractivity (Wildman–Crippen MR) is 82.5 cm³/mol. The third-order valence-electron chi connectivity index (χ3n) is 2.76. The van der Waals surface area contributed by atoms with Crippen molar-refractivity contribution in [1.29, 1.82) is 0 Å². The predicted octanol–water partition coefficient (Wildman–Crippen LogP) is 1.29. The average Bonchev–Trinajstić information content (AvgIpc) is 2.47. The lowest BCUT2D eigenvalue weighted by molar-refractivity contribution is -0.121. The first-order valence-electron chi connectivity index (χ1n) is 6.34. The molecule has 7 heteroatoms. The van der Waals surface area contributed by atoms with Gasteiger partial charge in [0.25, 0.3) is 5.91 Å². The number of nitrogens with one attached hydrogen (secondary N) is 1. The van der Waals surface area contributed by atoms with Crippen molar-refractivity contribution in [1.82, 2.24) is 10.2 Å². The molecule has 6 nitrogen and oxygen atoms in total. The zero-order chi connectivity index (χ0) is 15.8. The molecular formula is C14H19BrN2O4. The van der Waals surface area contributed by atoms with E-state index in [0.717, 1.165) is 0 Å². The summed E-state index contributed by atoms with van der Waals surface area (Å²) in [6, 6.07) is 5.11. The maximum Gasteiger partial charge on any atom is 0.255 e. The molecule has 0 spiro atoms. The number of rotatable bonds is 7. The van der Waals surface area contributed by atoms with Gasteiger partial charge in [0.1, 0.15) is 5.75 Å². The monoisotopic (exact) mass is 358 g/mol. The van der Waals surface area contributed by atoms with Crippen LogP contribution >= 0.6 is 15.9 Å². The number of methoxy groups -OCH3 is 2. The quantitative estimate of drug-likeness (QED) is 0.745. The van der Waals surface area contributed by atoms with Gasteiger partial charge in [-0.15, -0.1) is 0 Å². The van der Waals surface area contributed by atoms with Crippen LogP contribution in [0.15, 0.2) is 22.7 Å². The van der Waals surface area contributed by atoms with E-state index in [-0.39, 0.29) is 18.4 Å². The molecule has 0 aromatic heterocycles. The lowest BCUT2D eigenvalue weighted by Gasteiger charge is -2.18. The smallest absolute Gasteiger partial charge is 0.255 e. The number of ether oxygens (including phenoxy) is 2. The summed E-state index contributed by atoms with van der Waals surface area (Å²) in [5, 5.41) is 2.66. The number of halogens is 1. The van der Waals surface area contributed by atoms with Crippen LogP contribution in [0.25, 0.3) is 0 Å². The Bertz CT molecular complexity index is 508. The van der Waals surface area contributed by atoms with Crippen molar-refractivity contribution < 1.29 is 19.1 Å². The van der Waals surface area contributed by atoms with Crippen molar-refractivity contribution in [3.8, 4) is 5.75 Å². The molecule has 0 atom stereocenters. The number of benzene rings is 1. The molecule has 0 saturated carbocycles. The SMILES string of the molecule is COCCNC(=O)CN(C)C(=O)c1cc(OC)ccc1Br. The Kier molecular flexibility index (Phi) is 7.18. The molecule has 0 radical (unpaired) electrons. The molecule has 0 aliphatic heterocycles. The fraction of sp³-hybridized carbons (Fsp3) is 0.429. The van der Waals surface area contributed by atoms with Gasteiger partial charge in [-0.25, -0.2) is 0 Å². The second-order valence-corrected chi connectivity index (χ2v) is 5.20.